The van der Waals surface area contributed by atoms with Crippen LogP contribution in [0.5, 0.6) is 0 Å². The Balaban J connectivity index is 2.07. The van der Waals surface area contributed by atoms with Crippen LogP contribution in [0, 0.1) is 0 Å². The van der Waals surface area contributed by atoms with E-state index in [4.69, 9.17) is 0 Å². The van der Waals surface area contributed by atoms with E-state index in [-0.39, 0.29) is 23.2 Å². The fourth-order valence-corrected chi connectivity index (χ4v) is 2.06. The van der Waals surface area contributed by atoms with E-state index in [0.29, 0.717) is 5.82 Å². The Hall–Kier alpha value is -1.69. The molecule has 112 valence electrons. The monoisotopic (exact) mass is 350 g/mol. The smallest absolute Gasteiger partial charge is 0.291 e. The van der Waals surface area contributed by atoms with Gasteiger partial charge in [-0.3, -0.25) is 9.89 Å². The number of H-pyrrole nitrogens is 1. The zero-order chi connectivity index (χ0) is 15.6. The maximum absolute atomic E-state index is 12.2. The van der Waals surface area contributed by atoms with Gasteiger partial charge >= 0.3 is 0 Å². The molecule has 0 radical (unpaired) electrons. The molecule has 1 amide bonds. The third kappa shape index (κ3) is 3.91. The molecule has 6 heteroatoms. The van der Waals surface area contributed by atoms with Crippen molar-refractivity contribution < 1.29 is 4.79 Å². The van der Waals surface area contributed by atoms with Crippen LogP contribution in [0.4, 0.5) is 0 Å². The first-order valence-electron chi connectivity index (χ1n) is 6.76. The molecule has 0 saturated heterocycles. The average Bonchev–Trinajstić information content (AvgIpc) is 2.88. The Bertz CT molecular complexity index is 628. The van der Waals surface area contributed by atoms with Crippen molar-refractivity contribution in [2.24, 2.45) is 0 Å². The summed E-state index contributed by atoms with van der Waals surface area (Å²) in [4.78, 5) is 16.4. The summed E-state index contributed by atoms with van der Waals surface area (Å²) < 4.78 is 1.01. The first-order chi connectivity index (χ1) is 9.77. The van der Waals surface area contributed by atoms with Gasteiger partial charge in [-0.2, -0.15) is 0 Å². The molecule has 0 fully saturated rings. The molecule has 0 spiro atoms. The molecule has 1 aromatic heterocycles. The van der Waals surface area contributed by atoms with Gasteiger partial charge in [0.25, 0.3) is 5.91 Å². The van der Waals surface area contributed by atoms with E-state index in [9.17, 15) is 4.79 Å². The quantitative estimate of drug-likeness (QED) is 0.891. The molecule has 1 aromatic carbocycles. The molecule has 0 aliphatic heterocycles. The minimum Gasteiger partial charge on any atom is -0.343 e. The Morgan fingerprint density at radius 3 is 2.43 bits per heavy atom. The highest BCUT2D eigenvalue weighted by atomic mass is 79.9. The lowest BCUT2D eigenvalue weighted by atomic mass is 9.96. The molecule has 1 heterocycles. The first-order valence-corrected chi connectivity index (χ1v) is 7.56. The minimum absolute atomic E-state index is 0.109. The van der Waals surface area contributed by atoms with E-state index >= 15 is 0 Å². The number of hydrogen-bond donors (Lipinski definition) is 2. The highest BCUT2D eigenvalue weighted by molar-refractivity contribution is 9.10. The molecule has 1 unspecified atom stereocenters. The van der Waals surface area contributed by atoms with Crippen LogP contribution in [0.25, 0.3) is 0 Å². The SMILES string of the molecule is CC(NC(=O)c1n[nH]c(C(C)(C)C)n1)c1ccc(Br)cc1. The molecule has 0 aliphatic carbocycles. The van der Waals surface area contributed by atoms with Crippen molar-refractivity contribution in [1.82, 2.24) is 20.5 Å². The van der Waals surface area contributed by atoms with Crippen LogP contribution in [-0.4, -0.2) is 21.1 Å². The summed E-state index contributed by atoms with van der Waals surface area (Å²) >= 11 is 3.39. The summed E-state index contributed by atoms with van der Waals surface area (Å²) in [6.07, 6.45) is 0. The second-order valence-corrected chi connectivity index (χ2v) is 6.92. The molecule has 2 rings (SSSR count). The minimum atomic E-state index is -0.280. The van der Waals surface area contributed by atoms with Crippen LogP contribution >= 0.6 is 15.9 Å². The lowest BCUT2D eigenvalue weighted by molar-refractivity contribution is 0.0929. The van der Waals surface area contributed by atoms with E-state index in [1.165, 1.54) is 0 Å². The molecule has 0 saturated carbocycles. The maximum atomic E-state index is 12.2. The van der Waals surface area contributed by atoms with Crippen LogP contribution in [0.1, 0.15) is 55.7 Å². The van der Waals surface area contributed by atoms with Gasteiger partial charge in [0.15, 0.2) is 0 Å². The summed E-state index contributed by atoms with van der Waals surface area (Å²) in [6, 6.07) is 7.72. The second-order valence-electron chi connectivity index (χ2n) is 6.00. The van der Waals surface area contributed by atoms with Gasteiger partial charge in [-0.25, -0.2) is 4.98 Å². The van der Waals surface area contributed by atoms with E-state index in [1.807, 2.05) is 52.0 Å². The Kier molecular flexibility index (Phi) is 4.46. The molecular formula is C15H19BrN4O. The van der Waals surface area contributed by atoms with Gasteiger partial charge in [-0.1, -0.05) is 48.8 Å². The number of nitrogens with zero attached hydrogens (tertiary/aromatic N) is 2. The Morgan fingerprint density at radius 2 is 1.90 bits per heavy atom. The van der Waals surface area contributed by atoms with E-state index in [2.05, 4.69) is 36.4 Å². The lowest BCUT2D eigenvalue weighted by Crippen LogP contribution is -2.27. The number of halogens is 1. The number of amides is 1. The standard InChI is InChI=1S/C15H19BrN4O/c1-9(10-5-7-11(16)8-6-10)17-13(21)12-18-14(20-19-12)15(2,3)4/h5-9H,1-4H3,(H,17,21)(H,18,19,20). The van der Waals surface area contributed by atoms with Crippen LogP contribution in [0.3, 0.4) is 0 Å². The van der Waals surface area contributed by atoms with Crippen molar-refractivity contribution in [2.45, 2.75) is 39.2 Å². The fourth-order valence-electron chi connectivity index (χ4n) is 1.79. The summed E-state index contributed by atoms with van der Waals surface area (Å²) in [6.45, 7) is 7.97. The van der Waals surface area contributed by atoms with Crippen molar-refractivity contribution in [2.75, 3.05) is 0 Å². The molecule has 2 N–H and O–H groups in total. The van der Waals surface area contributed by atoms with Crippen LogP contribution in [0.2, 0.25) is 0 Å². The zero-order valence-electron chi connectivity index (χ0n) is 12.6. The van der Waals surface area contributed by atoms with Crippen molar-refractivity contribution in [1.29, 1.82) is 0 Å². The number of carbonyl (C=O) groups is 1. The van der Waals surface area contributed by atoms with Crippen molar-refractivity contribution in [3.05, 3.63) is 46.0 Å². The topological polar surface area (TPSA) is 70.7 Å². The van der Waals surface area contributed by atoms with E-state index in [1.54, 1.807) is 0 Å². The average molecular weight is 351 g/mol. The molecule has 21 heavy (non-hydrogen) atoms. The Morgan fingerprint density at radius 1 is 1.29 bits per heavy atom. The lowest BCUT2D eigenvalue weighted by Gasteiger charge is -2.14. The third-order valence-electron chi connectivity index (χ3n) is 3.12. The Labute approximate surface area is 132 Å². The number of nitrogens with one attached hydrogen (secondary N) is 2. The highest BCUT2D eigenvalue weighted by Crippen LogP contribution is 2.18. The maximum Gasteiger partial charge on any atom is 0.291 e. The van der Waals surface area contributed by atoms with Crippen LogP contribution < -0.4 is 5.32 Å². The number of aromatic amines is 1. The van der Waals surface area contributed by atoms with Crippen molar-refractivity contribution in [3.63, 3.8) is 0 Å². The van der Waals surface area contributed by atoms with E-state index in [0.717, 1.165) is 10.0 Å². The number of carbonyl (C=O) groups excluding carboxylic acids is 1. The van der Waals surface area contributed by atoms with Crippen molar-refractivity contribution >= 4 is 21.8 Å². The third-order valence-corrected chi connectivity index (χ3v) is 3.65. The van der Waals surface area contributed by atoms with Gasteiger partial charge in [-0.05, 0) is 24.6 Å². The normalized spacial score (nSPS) is 13.0. The summed E-state index contributed by atoms with van der Waals surface area (Å²) in [5, 5.41) is 9.70. The predicted octanol–water partition coefficient (Wildman–Crippen LogP) is 3.36. The largest absolute Gasteiger partial charge is 0.343 e. The predicted molar refractivity (Wildman–Crippen MR) is 85.1 cm³/mol. The second kappa shape index (κ2) is 5.97. The molecule has 0 bridgehead atoms. The first kappa shape index (κ1) is 15.7. The van der Waals surface area contributed by atoms with Crippen molar-refractivity contribution in [3.8, 4) is 0 Å². The molecule has 5 nitrogen and oxygen atoms in total. The number of benzene rings is 1. The van der Waals surface area contributed by atoms with Gasteiger partial charge < -0.3 is 5.32 Å². The molecular weight excluding hydrogens is 332 g/mol. The van der Waals surface area contributed by atoms with Gasteiger partial charge in [-0.15, -0.1) is 5.10 Å². The fraction of sp³-hybridized carbons (Fsp3) is 0.400. The summed E-state index contributed by atoms with van der Waals surface area (Å²) in [5.41, 5.74) is 0.862. The summed E-state index contributed by atoms with van der Waals surface area (Å²) in [7, 11) is 0. The summed E-state index contributed by atoms with van der Waals surface area (Å²) in [5.74, 6) is 0.588. The van der Waals surface area contributed by atoms with Crippen LogP contribution in [0.15, 0.2) is 28.7 Å². The molecule has 1 atom stereocenters. The zero-order valence-corrected chi connectivity index (χ0v) is 14.2. The highest BCUT2D eigenvalue weighted by Gasteiger charge is 2.22. The number of hydrogen-bond acceptors (Lipinski definition) is 3. The van der Waals surface area contributed by atoms with Gasteiger partial charge in [0.2, 0.25) is 5.82 Å². The number of rotatable bonds is 3. The van der Waals surface area contributed by atoms with Gasteiger partial charge in [0.1, 0.15) is 5.82 Å². The molecule has 0 aliphatic rings. The van der Waals surface area contributed by atoms with Gasteiger partial charge in [0, 0.05) is 9.89 Å². The molecule has 2 aromatic rings. The van der Waals surface area contributed by atoms with E-state index < -0.39 is 0 Å². The van der Waals surface area contributed by atoms with Gasteiger partial charge in [0.05, 0.1) is 6.04 Å². The van der Waals surface area contributed by atoms with Crippen LogP contribution in [-0.2, 0) is 5.41 Å². The number of aromatic nitrogens is 3.